The van der Waals surface area contributed by atoms with Gasteiger partial charge in [0.1, 0.15) is 0 Å². The summed E-state index contributed by atoms with van der Waals surface area (Å²) in [5.74, 6) is 0.0100. The van der Waals surface area contributed by atoms with E-state index < -0.39 is 6.04 Å². The SMILES string of the molecule is CN1C(=O)C(N)CC2=C1CCC=N2. The largest absolute Gasteiger partial charge is 0.320 e. The van der Waals surface area contributed by atoms with E-state index in [4.69, 9.17) is 5.73 Å². The Bertz CT molecular complexity index is 306. The van der Waals surface area contributed by atoms with E-state index in [1.165, 1.54) is 0 Å². The molecule has 1 unspecified atom stereocenters. The van der Waals surface area contributed by atoms with Crippen LogP contribution in [0.15, 0.2) is 16.4 Å². The number of allylic oxidation sites excluding steroid dienone is 1. The van der Waals surface area contributed by atoms with Crippen molar-refractivity contribution in [2.75, 3.05) is 7.05 Å². The number of rotatable bonds is 0. The number of carbonyl (C=O) groups excluding carboxylic acids is 1. The number of amides is 1. The lowest BCUT2D eigenvalue weighted by atomic mass is 10.00. The third kappa shape index (κ3) is 1.27. The first kappa shape index (κ1) is 8.44. The molecule has 0 saturated heterocycles. The van der Waals surface area contributed by atoms with Gasteiger partial charge in [0, 0.05) is 25.4 Å². The van der Waals surface area contributed by atoms with E-state index in [1.54, 1.807) is 11.9 Å². The first-order chi connectivity index (χ1) is 6.20. The molecule has 0 spiro atoms. The van der Waals surface area contributed by atoms with Gasteiger partial charge in [0.25, 0.3) is 0 Å². The van der Waals surface area contributed by atoms with E-state index in [1.807, 2.05) is 6.21 Å². The van der Waals surface area contributed by atoms with Crippen LogP contribution in [-0.4, -0.2) is 30.1 Å². The maximum Gasteiger partial charge on any atom is 0.243 e. The molecule has 2 heterocycles. The molecule has 2 N–H and O–H groups in total. The molecule has 1 atom stereocenters. The van der Waals surface area contributed by atoms with Crippen LogP contribution in [0, 0.1) is 0 Å². The topological polar surface area (TPSA) is 58.7 Å². The second-order valence-corrected chi connectivity index (χ2v) is 3.45. The van der Waals surface area contributed by atoms with Crippen molar-refractivity contribution in [3.63, 3.8) is 0 Å². The molecule has 0 bridgehead atoms. The minimum absolute atomic E-state index is 0.0100. The van der Waals surface area contributed by atoms with Crippen molar-refractivity contribution in [2.45, 2.75) is 25.3 Å². The number of nitrogens with zero attached hydrogens (tertiary/aromatic N) is 2. The van der Waals surface area contributed by atoms with Crippen LogP contribution in [0.4, 0.5) is 0 Å². The normalized spacial score (nSPS) is 28.0. The van der Waals surface area contributed by atoms with Crippen LogP contribution < -0.4 is 5.73 Å². The first-order valence-electron chi connectivity index (χ1n) is 4.48. The van der Waals surface area contributed by atoms with Crippen LogP contribution >= 0.6 is 0 Å². The number of hydrogen-bond donors (Lipinski definition) is 1. The summed E-state index contributed by atoms with van der Waals surface area (Å²) in [7, 11) is 1.78. The summed E-state index contributed by atoms with van der Waals surface area (Å²) >= 11 is 0. The predicted molar refractivity (Wildman–Crippen MR) is 50.1 cm³/mol. The van der Waals surface area contributed by atoms with E-state index in [9.17, 15) is 4.79 Å². The summed E-state index contributed by atoms with van der Waals surface area (Å²) in [5.41, 5.74) is 7.71. The standard InChI is InChI=1S/C9H13N3O/c1-12-8-3-2-4-11-7(8)5-6(10)9(12)13/h4,6H,2-3,5,10H2,1H3. The van der Waals surface area contributed by atoms with Gasteiger partial charge in [0.2, 0.25) is 5.91 Å². The van der Waals surface area contributed by atoms with Crippen molar-refractivity contribution >= 4 is 12.1 Å². The lowest BCUT2D eigenvalue weighted by Gasteiger charge is -2.32. The highest BCUT2D eigenvalue weighted by molar-refractivity contribution is 5.85. The highest BCUT2D eigenvalue weighted by Gasteiger charge is 2.30. The third-order valence-corrected chi connectivity index (χ3v) is 2.56. The maximum absolute atomic E-state index is 11.5. The van der Waals surface area contributed by atoms with Crippen molar-refractivity contribution in [1.29, 1.82) is 0 Å². The van der Waals surface area contributed by atoms with Gasteiger partial charge in [-0.3, -0.25) is 9.79 Å². The molecular formula is C9H13N3O. The predicted octanol–water partition coefficient (Wildman–Crippen LogP) is 0.252. The van der Waals surface area contributed by atoms with Crippen LogP contribution in [0.5, 0.6) is 0 Å². The maximum atomic E-state index is 11.5. The molecule has 1 amide bonds. The van der Waals surface area contributed by atoms with Crippen molar-refractivity contribution in [1.82, 2.24) is 4.90 Å². The lowest BCUT2D eigenvalue weighted by Crippen LogP contribution is -2.45. The van der Waals surface area contributed by atoms with Gasteiger partial charge in [-0.25, -0.2) is 0 Å². The van der Waals surface area contributed by atoms with E-state index >= 15 is 0 Å². The molecule has 4 nitrogen and oxygen atoms in total. The minimum atomic E-state index is -0.404. The van der Waals surface area contributed by atoms with Gasteiger partial charge in [-0.15, -0.1) is 0 Å². The van der Waals surface area contributed by atoms with Gasteiger partial charge in [-0.1, -0.05) is 0 Å². The summed E-state index contributed by atoms with van der Waals surface area (Å²) in [5, 5.41) is 0. The monoisotopic (exact) mass is 179 g/mol. The summed E-state index contributed by atoms with van der Waals surface area (Å²) in [4.78, 5) is 17.4. The molecule has 0 aliphatic carbocycles. The molecule has 0 aromatic rings. The number of hydrogen-bond acceptors (Lipinski definition) is 3. The highest BCUT2D eigenvalue weighted by atomic mass is 16.2. The van der Waals surface area contributed by atoms with Gasteiger partial charge in [0.15, 0.2) is 0 Å². The molecule has 0 saturated carbocycles. The number of carbonyl (C=O) groups is 1. The minimum Gasteiger partial charge on any atom is -0.320 e. The van der Waals surface area contributed by atoms with Crippen molar-refractivity contribution in [3.05, 3.63) is 11.4 Å². The van der Waals surface area contributed by atoms with Crippen LogP contribution in [0.25, 0.3) is 0 Å². The average Bonchev–Trinajstić information content (AvgIpc) is 2.15. The molecule has 0 fully saturated rings. The first-order valence-corrected chi connectivity index (χ1v) is 4.48. The quantitative estimate of drug-likeness (QED) is 0.579. The Morgan fingerprint density at radius 2 is 2.46 bits per heavy atom. The van der Waals surface area contributed by atoms with E-state index in [2.05, 4.69) is 4.99 Å². The summed E-state index contributed by atoms with van der Waals surface area (Å²) in [6.07, 6.45) is 4.32. The van der Waals surface area contributed by atoms with Crippen molar-refractivity contribution in [2.24, 2.45) is 10.7 Å². The third-order valence-electron chi connectivity index (χ3n) is 2.56. The van der Waals surface area contributed by atoms with E-state index in [-0.39, 0.29) is 5.91 Å². The van der Waals surface area contributed by atoms with Crippen LogP contribution in [0.3, 0.4) is 0 Å². The summed E-state index contributed by atoms with van der Waals surface area (Å²) < 4.78 is 0. The molecule has 2 aliphatic heterocycles. The Hall–Kier alpha value is -1.16. The lowest BCUT2D eigenvalue weighted by molar-refractivity contribution is -0.130. The molecule has 0 aromatic heterocycles. The van der Waals surface area contributed by atoms with Crippen LogP contribution in [0.1, 0.15) is 19.3 Å². The Morgan fingerprint density at radius 1 is 1.69 bits per heavy atom. The van der Waals surface area contributed by atoms with Gasteiger partial charge in [-0.05, 0) is 12.8 Å². The zero-order chi connectivity index (χ0) is 9.42. The molecule has 2 aliphatic rings. The number of aliphatic imine (C=N–C) groups is 1. The number of nitrogens with two attached hydrogens (primary N) is 1. The van der Waals surface area contributed by atoms with E-state index in [0.29, 0.717) is 6.42 Å². The summed E-state index contributed by atoms with van der Waals surface area (Å²) in [6, 6.07) is -0.404. The van der Waals surface area contributed by atoms with Crippen molar-refractivity contribution < 1.29 is 4.79 Å². The molecule has 0 radical (unpaired) electrons. The Morgan fingerprint density at radius 3 is 3.23 bits per heavy atom. The Labute approximate surface area is 77.1 Å². The highest BCUT2D eigenvalue weighted by Crippen LogP contribution is 2.27. The zero-order valence-electron chi connectivity index (χ0n) is 7.66. The zero-order valence-corrected chi connectivity index (χ0v) is 7.66. The Kier molecular flexibility index (Phi) is 1.92. The molecular weight excluding hydrogens is 166 g/mol. The van der Waals surface area contributed by atoms with E-state index in [0.717, 1.165) is 24.2 Å². The fourth-order valence-electron chi connectivity index (χ4n) is 1.80. The van der Waals surface area contributed by atoms with Crippen LogP contribution in [0.2, 0.25) is 0 Å². The molecule has 70 valence electrons. The second kappa shape index (κ2) is 2.96. The van der Waals surface area contributed by atoms with Gasteiger partial charge >= 0.3 is 0 Å². The number of likely N-dealkylation sites (N-methyl/N-ethyl adjacent to an activating group) is 1. The second-order valence-electron chi connectivity index (χ2n) is 3.45. The fourth-order valence-corrected chi connectivity index (χ4v) is 1.80. The molecule has 4 heteroatoms. The molecule has 2 rings (SSSR count). The molecule has 0 aromatic carbocycles. The summed E-state index contributed by atoms with van der Waals surface area (Å²) in [6.45, 7) is 0. The smallest absolute Gasteiger partial charge is 0.243 e. The van der Waals surface area contributed by atoms with Gasteiger partial charge in [0.05, 0.1) is 11.7 Å². The molecule has 13 heavy (non-hydrogen) atoms. The Balaban J connectivity index is 2.36. The van der Waals surface area contributed by atoms with Crippen LogP contribution in [-0.2, 0) is 4.79 Å². The van der Waals surface area contributed by atoms with Crippen molar-refractivity contribution in [3.8, 4) is 0 Å². The van der Waals surface area contributed by atoms with Gasteiger partial charge < -0.3 is 10.6 Å². The fraction of sp³-hybridized carbons (Fsp3) is 0.556. The van der Waals surface area contributed by atoms with Gasteiger partial charge in [-0.2, -0.15) is 0 Å². The average molecular weight is 179 g/mol.